The number of carboxylic acids is 1. The lowest BCUT2D eigenvalue weighted by molar-refractivity contribution is -0.137. The van der Waals surface area contributed by atoms with Gasteiger partial charge in [0.05, 0.1) is 0 Å². The minimum atomic E-state index is -0.806. The van der Waals surface area contributed by atoms with Gasteiger partial charge in [-0.2, -0.15) is 0 Å². The number of nitrogens with zero attached hydrogens (tertiary/aromatic N) is 2. The second kappa shape index (κ2) is 7.24. The zero-order valence-electron chi connectivity index (χ0n) is 11.4. The molecular formula is C13H24N2O3. The van der Waals surface area contributed by atoms with Gasteiger partial charge in [0.25, 0.3) is 0 Å². The molecule has 2 amide bonds. The van der Waals surface area contributed by atoms with Gasteiger partial charge in [-0.1, -0.05) is 13.3 Å². The first-order valence-corrected chi connectivity index (χ1v) is 6.76. The molecule has 0 aliphatic carbocycles. The third-order valence-corrected chi connectivity index (χ3v) is 3.58. The van der Waals surface area contributed by atoms with Crippen molar-refractivity contribution in [1.82, 2.24) is 9.80 Å². The van der Waals surface area contributed by atoms with Crippen LogP contribution in [0.4, 0.5) is 4.79 Å². The van der Waals surface area contributed by atoms with E-state index < -0.39 is 5.97 Å². The lowest BCUT2D eigenvalue weighted by Gasteiger charge is -2.35. The summed E-state index contributed by atoms with van der Waals surface area (Å²) in [6.45, 7) is 4.35. The summed E-state index contributed by atoms with van der Waals surface area (Å²) >= 11 is 0. The van der Waals surface area contributed by atoms with Crippen molar-refractivity contribution in [2.45, 2.75) is 39.0 Å². The zero-order valence-corrected chi connectivity index (χ0v) is 11.4. The highest BCUT2D eigenvalue weighted by atomic mass is 16.4. The monoisotopic (exact) mass is 256 g/mol. The average Bonchev–Trinajstić information content (AvgIpc) is 2.37. The molecule has 1 atom stereocenters. The van der Waals surface area contributed by atoms with Gasteiger partial charge < -0.3 is 14.9 Å². The Kier molecular flexibility index (Phi) is 5.95. The molecule has 0 bridgehead atoms. The molecule has 5 nitrogen and oxygen atoms in total. The van der Waals surface area contributed by atoms with E-state index in [1.807, 2.05) is 4.90 Å². The Morgan fingerprint density at radius 1 is 1.44 bits per heavy atom. The zero-order chi connectivity index (χ0) is 13.5. The van der Waals surface area contributed by atoms with Crippen LogP contribution in [-0.4, -0.2) is 53.6 Å². The third kappa shape index (κ3) is 4.55. The van der Waals surface area contributed by atoms with Crippen LogP contribution in [0.2, 0.25) is 0 Å². The Morgan fingerprint density at radius 2 is 2.17 bits per heavy atom. The summed E-state index contributed by atoms with van der Waals surface area (Å²) in [4.78, 5) is 26.1. The molecule has 0 aromatic heterocycles. The second-order valence-electron chi connectivity index (χ2n) is 5.06. The SMILES string of the molecule is CCC1CCCN(C(=O)N(C)CCCC(=O)O)C1. The molecule has 1 saturated heterocycles. The van der Waals surface area contributed by atoms with Gasteiger partial charge in [-0.3, -0.25) is 4.79 Å². The van der Waals surface area contributed by atoms with Crippen molar-refractivity contribution in [3.8, 4) is 0 Å². The Balaban J connectivity index is 2.35. The molecule has 1 aliphatic heterocycles. The molecule has 1 unspecified atom stereocenters. The number of urea groups is 1. The molecule has 0 aromatic rings. The summed E-state index contributed by atoms with van der Waals surface area (Å²) in [5, 5.41) is 8.57. The van der Waals surface area contributed by atoms with E-state index in [9.17, 15) is 9.59 Å². The van der Waals surface area contributed by atoms with Gasteiger partial charge in [0.1, 0.15) is 0 Å². The van der Waals surface area contributed by atoms with E-state index >= 15 is 0 Å². The number of piperidine rings is 1. The van der Waals surface area contributed by atoms with E-state index in [0.29, 0.717) is 18.9 Å². The summed E-state index contributed by atoms with van der Waals surface area (Å²) in [7, 11) is 1.75. The number of hydrogen-bond donors (Lipinski definition) is 1. The Hall–Kier alpha value is -1.26. The maximum atomic E-state index is 12.1. The van der Waals surface area contributed by atoms with Crippen LogP contribution in [0.3, 0.4) is 0 Å². The van der Waals surface area contributed by atoms with Crippen LogP contribution in [0.25, 0.3) is 0 Å². The topological polar surface area (TPSA) is 60.9 Å². The third-order valence-electron chi connectivity index (χ3n) is 3.58. The smallest absolute Gasteiger partial charge is 0.319 e. The van der Waals surface area contributed by atoms with Crippen molar-refractivity contribution in [3.63, 3.8) is 0 Å². The molecule has 5 heteroatoms. The molecule has 1 fully saturated rings. The predicted molar refractivity (Wildman–Crippen MR) is 69.5 cm³/mol. The van der Waals surface area contributed by atoms with Crippen LogP contribution in [0.5, 0.6) is 0 Å². The molecule has 1 aliphatic rings. The van der Waals surface area contributed by atoms with E-state index in [1.54, 1.807) is 11.9 Å². The van der Waals surface area contributed by atoms with E-state index in [0.717, 1.165) is 25.9 Å². The molecule has 0 aromatic carbocycles. The fraction of sp³-hybridized carbons (Fsp3) is 0.846. The van der Waals surface area contributed by atoms with Crippen molar-refractivity contribution in [2.75, 3.05) is 26.7 Å². The second-order valence-corrected chi connectivity index (χ2v) is 5.06. The van der Waals surface area contributed by atoms with Crippen molar-refractivity contribution in [2.24, 2.45) is 5.92 Å². The molecule has 18 heavy (non-hydrogen) atoms. The summed E-state index contributed by atoms with van der Waals surface area (Å²) in [5.74, 6) is -0.185. The summed E-state index contributed by atoms with van der Waals surface area (Å²) in [5.41, 5.74) is 0. The fourth-order valence-electron chi connectivity index (χ4n) is 2.38. The summed E-state index contributed by atoms with van der Waals surface area (Å²) in [6, 6.07) is 0.0403. The largest absolute Gasteiger partial charge is 0.481 e. The molecule has 1 N–H and O–H groups in total. The number of hydrogen-bond acceptors (Lipinski definition) is 2. The first-order valence-electron chi connectivity index (χ1n) is 6.76. The van der Waals surface area contributed by atoms with Gasteiger partial charge in [-0.05, 0) is 25.2 Å². The number of carbonyl (C=O) groups is 2. The van der Waals surface area contributed by atoms with E-state index in [-0.39, 0.29) is 12.5 Å². The maximum absolute atomic E-state index is 12.1. The molecule has 0 radical (unpaired) electrons. The number of likely N-dealkylation sites (tertiary alicyclic amines) is 1. The molecule has 0 spiro atoms. The molecule has 104 valence electrons. The van der Waals surface area contributed by atoms with Crippen molar-refractivity contribution in [1.29, 1.82) is 0 Å². The quantitative estimate of drug-likeness (QED) is 0.818. The van der Waals surface area contributed by atoms with E-state index in [1.165, 1.54) is 6.42 Å². The van der Waals surface area contributed by atoms with E-state index in [2.05, 4.69) is 6.92 Å². The minimum absolute atomic E-state index is 0.0403. The number of amides is 2. The standard InChI is InChI=1S/C13H24N2O3/c1-3-11-6-4-9-15(10-11)13(18)14(2)8-5-7-12(16)17/h11H,3-10H2,1-2H3,(H,16,17). The van der Waals surface area contributed by atoms with Crippen LogP contribution in [0, 0.1) is 5.92 Å². The first kappa shape index (κ1) is 14.8. The number of aliphatic carboxylic acids is 1. The number of carboxylic acid groups (broad SMARTS) is 1. The van der Waals surface area contributed by atoms with Crippen LogP contribution in [0.15, 0.2) is 0 Å². The highest BCUT2D eigenvalue weighted by Gasteiger charge is 2.24. The fourth-order valence-corrected chi connectivity index (χ4v) is 2.38. The molecule has 1 heterocycles. The number of carbonyl (C=O) groups excluding carboxylic acids is 1. The minimum Gasteiger partial charge on any atom is -0.481 e. The van der Waals surface area contributed by atoms with Crippen LogP contribution < -0.4 is 0 Å². The predicted octanol–water partition coefficient (Wildman–Crippen LogP) is 2.03. The van der Waals surface area contributed by atoms with Gasteiger partial charge >= 0.3 is 12.0 Å². The van der Waals surface area contributed by atoms with Crippen LogP contribution >= 0.6 is 0 Å². The van der Waals surface area contributed by atoms with Crippen molar-refractivity contribution < 1.29 is 14.7 Å². The van der Waals surface area contributed by atoms with Crippen LogP contribution in [-0.2, 0) is 4.79 Å². The van der Waals surface area contributed by atoms with Gasteiger partial charge in [-0.15, -0.1) is 0 Å². The lowest BCUT2D eigenvalue weighted by Crippen LogP contribution is -2.46. The van der Waals surface area contributed by atoms with Crippen LogP contribution in [0.1, 0.15) is 39.0 Å². The Labute approximate surface area is 109 Å². The molecule has 0 saturated carbocycles. The normalized spacial score (nSPS) is 19.7. The number of rotatable bonds is 5. The van der Waals surface area contributed by atoms with Crippen molar-refractivity contribution >= 4 is 12.0 Å². The van der Waals surface area contributed by atoms with Gasteiger partial charge in [0.2, 0.25) is 0 Å². The Morgan fingerprint density at radius 3 is 2.78 bits per heavy atom. The highest BCUT2D eigenvalue weighted by Crippen LogP contribution is 2.19. The van der Waals surface area contributed by atoms with Gasteiger partial charge in [-0.25, -0.2) is 4.79 Å². The van der Waals surface area contributed by atoms with E-state index in [4.69, 9.17) is 5.11 Å². The average molecular weight is 256 g/mol. The van der Waals surface area contributed by atoms with Gasteiger partial charge in [0, 0.05) is 33.1 Å². The molecular weight excluding hydrogens is 232 g/mol. The Bertz CT molecular complexity index is 294. The summed E-state index contributed by atoms with van der Waals surface area (Å²) < 4.78 is 0. The van der Waals surface area contributed by atoms with Gasteiger partial charge in [0.15, 0.2) is 0 Å². The molecule has 1 rings (SSSR count). The van der Waals surface area contributed by atoms with Crippen molar-refractivity contribution in [3.05, 3.63) is 0 Å². The lowest BCUT2D eigenvalue weighted by atomic mass is 9.96. The first-order chi connectivity index (χ1) is 8.54. The maximum Gasteiger partial charge on any atom is 0.319 e. The highest BCUT2D eigenvalue weighted by molar-refractivity contribution is 5.74. The summed E-state index contributed by atoms with van der Waals surface area (Å²) in [6.07, 6.45) is 4.04.